The van der Waals surface area contributed by atoms with Crippen molar-refractivity contribution in [2.75, 3.05) is 0 Å². The molecule has 0 amide bonds. The van der Waals surface area contributed by atoms with Gasteiger partial charge in [-0.05, 0) is 10.8 Å². The van der Waals surface area contributed by atoms with Crippen LogP contribution in [0.3, 0.4) is 0 Å². The molecule has 0 unspecified atom stereocenters. The highest BCUT2D eigenvalue weighted by atomic mass is 28.3. The molecule has 0 aliphatic heterocycles. The number of carbonyl (C=O) groups excluding carboxylic acids is 1. The zero-order valence-electron chi connectivity index (χ0n) is 10.8. The van der Waals surface area contributed by atoms with Crippen LogP contribution in [0.5, 0.6) is 0 Å². The largest absolute Gasteiger partial charge is 0.295 e. The highest BCUT2D eigenvalue weighted by Crippen LogP contribution is 2.38. The molecule has 15 heavy (non-hydrogen) atoms. The fraction of sp³-hybridized carbons (Fsp3) is 0.583. The van der Waals surface area contributed by atoms with Crippen LogP contribution in [-0.2, 0) is 4.79 Å². The van der Waals surface area contributed by atoms with Crippen molar-refractivity contribution in [1.82, 2.24) is 0 Å². The zero-order valence-corrected chi connectivity index (χ0v) is 12.8. The Morgan fingerprint density at radius 3 is 1.60 bits per heavy atom. The molecule has 0 saturated heterocycles. The first kappa shape index (κ1) is 12.7. The molecule has 1 aliphatic carbocycles. The molecule has 3 heteroatoms. The van der Waals surface area contributed by atoms with Gasteiger partial charge in [0.1, 0.15) is 0 Å². The van der Waals surface area contributed by atoms with Crippen LogP contribution < -0.4 is 0 Å². The molecule has 0 spiro atoms. The standard InChI is InChI=1S/C12H22OSi2/c1-9-8-10(13)12(15(5,6)7)11(9)14(2,3)4/h1,8H2,2-7H3. The highest BCUT2D eigenvalue weighted by Gasteiger charge is 2.39. The molecular formula is C12H22OSi2. The van der Waals surface area contributed by atoms with Gasteiger partial charge in [-0.3, -0.25) is 4.79 Å². The number of ketones is 1. The molecule has 0 saturated carbocycles. The monoisotopic (exact) mass is 238 g/mol. The van der Waals surface area contributed by atoms with Gasteiger partial charge in [0.2, 0.25) is 0 Å². The number of hydrogen-bond donors (Lipinski definition) is 0. The van der Waals surface area contributed by atoms with E-state index in [1.54, 1.807) is 0 Å². The van der Waals surface area contributed by atoms with Crippen molar-refractivity contribution in [3.8, 4) is 0 Å². The van der Waals surface area contributed by atoms with Crippen LogP contribution in [0.2, 0.25) is 39.3 Å². The first-order valence-electron chi connectivity index (χ1n) is 5.51. The number of Topliss-reactive ketones (excluding diaryl/α,β-unsaturated/α-hetero) is 1. The normalized spacial score (nSPS) is 19.1. The second-order valence-electron chi connectivity index (χ2n) is 6.45. The first-order valence-corrected chi connectivity index (χ1v) is 12.5. The van der Waals surface area contributed by atoms with Crippen molar-refractivity contribution in [3.63, 3.8) is 0 Å². The fourth-order valence-electron chi connectivity index (χ4n) is 2.39. The Labute approximate surface area is 95.3 Å². The maximum Gasteiger partial charge on any atom is 0.159 e. The molecule has 0 aromatic heterocycles. The number of hydrogen-bond acceptors (Lipinski definition) is 1. The number of allylic oxidation sites excluding steroid dienone is 3. The third kappa shape index (κ3) is 2.40. The number of carbonyl (C=O) groups is 1. The van der Waals surface area contributed by atoms with E-state index < -0.39 is 16.1 Å². The van der Waals surface area contributed by atoms with Crippen LogP contribution in [-0.4, -0.2) is 21.9 Å². The van der Waals surface area contributed by atoms with Crippen molar-refractivity contribution < 1.29 is 4.79 Å². The molecule has 0 aromatic carbocycles. The van der Waals surface area contributed by atoms with Crippen LogP contribution >= 0.6 is 0 Å². The molecule has 1 rings (SSSR count). The van der Waals surface area contributed by atoms with E-state index >= 15 is 0 Å². The minimum atomic E-state index is -1.50. The van der Waals surface area contributed by atoms with Gasteiger partial charge in [0.05, 0.1) is 16.1 Å². The van der Waals surface area contributed by atoms with E-state index in [1.165, 1.54) is 10.4 Å². The van der Waals surface area contributed by atoms with E-state index in [0.29, 0.717) is 12.2 Å². The second-order valence-corrected chi connectivity index (χ2v) is 16.5. The van der Waals surface area contributed by atoms with Gasteiger partial charge in [0.25, 0.3) is 0 Å². The molecule has 0 fully saturated rings. The van der Waals surface area contributed by atoms with Crippen molar-refractivity contribution in [2.24, 2.45) is 0 Å². The Morgan fingerprint density at radius 1 is 0.933 bits per heavy atom. The first-order chi connectivity index (χ1) is 6.55. The maximum atomic E-state index is 12.0. The van der Waals surface area contributed by atoms with Gasteiger partial charge in [-0.1, -0.05) is 51.1 Å². The average Bonchev–Trinajstić information content (AvgIpc) is 2.22. The topological polar surface area (TPSA) is 17.1 Å². The van der Waals surface area contributed by atoms with Gasteiger partial charge in [0.15, 0.2) is 5.78 Å². The Kier molecular flexibility index (Phi) is 3.00. The Hall–Kier alpha value is -0.416. The summed E-state index contributed by atoms with van der Waals surface area (Å²) < 4.78 is 0. The average molecular weight is 238 g/mol. The molecule has 0 aromatic rings. The number of rotatable bonds is 2. The van der Waals surface area contributed by atoms with Crippen molar-refractivity contribution in [1.29, 1.82) is 0 Å². The SMILES string of the molecule is C=C1CC(=O)C([Si](C)(C)C)=C1[Si](C)(C)C. The molecule has 0 N–H and O–H groups in total. The minimum Gasteiger partial charge on any atom is -0.295 e. The predicted molar refractivity (Wildman–Crippen MR) is 72.5 cm³/mol. The van der Waals surface area contributed by atoms with Crippen LogP contribution in [0, 0.1) is 0 Å². The van der Waals surface area contributed by atoms with E-state index in [2.05, 4.69) is 45.9 Å². The predicted octanol–water partition coefficient (Wildman–Crippen LogP) is 3.57. The zero-order chi connectivity index (χ0) is 12.0. The van der Waals surface area contributed by atoms with Gasteiger partial charge >= 0.3 is 0 Å². The van der Waals surface area contributed by atoms with Gasteiger partial charge in [-0.25, -0.2) is 0 Å². The molecule has 1 nitrogen and oxygen atoms in total. The van der Waals surface area contributed by atoms with E-state index in [-0.39, 0.29) is 0 Å². The lowest BCUT2D eigenvalue weighted by molar-refractivity contribution is -0.114. The van der Waals surface area contributed by atoms with Crippen molar-refractivity contribution in [2.45, 2.75) is 45.7 Å². The summed E-state index contributed by atoms with van der Waals surface area (Å²) >= 11 is 0. The lowest BCUT2D eigenvalue weighted by Crippen LogP contribution is -2.34. The fourth-order valence-corrected chi connectivity index (χ4v) is 8.53. The molecule has 0 heterocycles. The van der Waals surface area contributed by atoms with Gasteiger partial charge < -0.3 is 0 Å². The van der Waals surface area contributed by atoms with Crippen LogP contribution in [0.1, 0.15) is 6.42 Å². The molecule has 0 atom stereocenters. The van der Waals surface area contributed by atoms with Crippen LogP contribution in [0.25, 0.3) is 0 Å². The van der Waals surface area contributed by atoms with Crippen molar-refractivity contribution in [3.05, 3.63) is 22.5 Å². The van der Waals surface area contributed by atoms with Gasteiger partial charge in [-0.2, -0.15) is 0 Å². The smallest absolute Gasteiger partial charge is 0.159 e. The lowest BCUT2D eigenvalue weighted by atomic mass is 10.3. The summed E-state index contributed by atoms with van der Waals surface area (Å²) in [7, 11) is -2.91. The lowest BCUT2D eigenvalue weighted by Gasteiger charge is -2.26. The van der Waals surface area contributed by atoms with E-state index in [4.69, 9.17) is 0 Å². The summed E-state index contributed by atoms with van der Waals surface area (Å²) in [5.74, 6) is 0.358. The summed E-state index contributed by atoms with van der Waals surface area (Å²) in [6, 6.07) is 0. The summed E-state index contributed by atoms with van der Waals surface area (Å²) in [6.45, 7) is 17.8. The maximum absolute atomic E-state index is 12.0. The summed E-state index contributed by atoms with van der Waals surface area (Å²) in [5.41, 5.74) is 1.11. The molecule has 84 valence electrons. The van der Waals surface area contributed by atoms with Gasteiger partial charge in [-0.15, -0.1) is 0 Å². The van der Waals surface area contributed by atoms with Gasteiger partial charge in [0, 0.05) is 6.42 Å². The summed E-state index contributed by atoms with van der Waals surface area (Å²) in [6.07, 6.45) is 0.583. The van der Waals surface area contributed by atoms with Crippen LogP contribution in [0.4, 0.5) is 0 Å². The van der Waals surface area contributed by atoms with Crippen LogP contribution in [0.15, 0.2) is 22.5 Å². The Morgan fingerprint density at radius 2 is 1.33 bits per heavy atom. The summed E-state index contributed by atoms with van der Waals surface area (Å²) in [5, 5.41) is 2.57. The minimum absolute atomic E-state index is 0.358. The Balaban J connectivity index is 3.42. The second kappa shape index (κ2) is 3.56. The highest BCUT2D eigenvalue weighted by molar-refractivity contribution is 6.93. The van der Waals surface area contributed by atoms with E-state index in [9.17, 15) is 4.79 Å². The quantitative estimate of drug-likeness (QED) is 0.672. The van der Waals surface area contributed by atoms with E-state index in [0.717, 1.165) is 5.57 Å². The molecule has 0 radical (unpaired) electrons. The molecular weight excluding hydrogens is 216 g/mol. The molecule has 1 aliphatic rings. The summed E-state index contributed by atoms with van der Waals surface area (Å²) in [4.78, 5) is 12.0. The van der Waals surface area contributed by atoms with E-state index in [1.807, 2.05) is 0 Å². The Bertz CT molecular complexity index is 317. The molecule has 0 bridgehead atoms. The third-order valence-corrected chi connectivity index (χ3v) is 7.14. The van der Waals surface area contributed by atoms with Crippen molar-refractivity contribution >= 4 is 21.9 Å². The third-order valence-electron chi connectivity index (χ3n) is 2.76.